The second-order valence-electron chi connectivity index (χ2n) is 4.30. The molecule has 3 N–H and O–H groups in total. The summed E-state index contributed by atoms with van der Waals surface area (Å²) >= 11 is 7.28. The van der Waals surface area contributed by atoms with Crippen LogP contribution in [0.25, 0.3) is 0 Å². The van der Waals surface area contributed by atoms with Crippen LogP contribution in [0.5, 0.6) is 0 Å². The first kappa shape index (κ1) is 15.2. The number of thiazole rings is 1. The highest BCUT2D eigenvalue weighted by Crippen LogP contribution is 2.26. The van der Waals surface area contributed by atoms with Crippen molar-refractivity contribution in [3.8, 4) is 0 Å². The van der Waals surface area contributed by atoms with Gasteiger partial charge in [-0.1, -0.05) is 11.6 Å². The zero-order chi connectivity index (χ0) is 14.9. The molecule has 0 fully saturated rings. The van der Waals surface area contributed by atoms with Crippen molar-refractivity contribution in [2.45, 2.75) is 25.3 Å². The summed E-state index contributed by atoms with van der Waals surface area (Å²) in [5.41, 5.74) is 9.09. The molecule has 0 saturated heterocycles. The van der Waals surface area contributed by atoms with Crippen molar-refractivity contribution < 1.29 is 8.42 Å². The van der Waals surface area contributed by atoms with Gasteiger partial charge in [0.15, 0.2) is 0 Å². The number of aryl methyl sites for hydroxylation is 1. The number of nitrogen functional groups attached to an aromatic ring is 1. The van der Waals surface area contributed by atoms with E-state index in [0.717, 1.165) is 10.6 Å². The lowest BCUT2D eigenvalue weighted by molar-refractivity contribution is 0.581. The average molecular weight is 332 g/mol. The highest BCUT2D eigenvalue weighted by atomic mass is 35.5. The first-order valence-electron chi connectivity index (χ1n) is 5.75. The molecule has 0 bridgehead atoms. The zero-order valence-corrected chi connectivity index (χ0v) is 13.4. The van der Waals surface area contributed by atoms with Gasteiger partial charge in [-0.05, 0) is 31.5 Å². The summed E-state index contributed by atoms with van der Waals surface area (Å²) in [6.45, 7) is 3.69. The molecule has 0 radical (unpaired) electrons. The van der Waals surface area contributed by atoms with Crippen molar-refractivity contribution >= 4 is 38.6 Å². The van der Waals surface area contributed by atoms with Crippen molar-refractivity contribution in [3.63, 3.8) is 0 Å². The number of nitrogens with zero attached hydrogens (tertiary/aromatic N) is 1. The maximum absolute atomic E-state index is 12.3. The molecule has 2 aromatic rings. The van der Waals surface area contributed by atoms with Crippen molar-refractivity contribution in [1.82, 2.24) is 9.71 Å². The van der Waals surface area contributed by atoms with E-state index in [4.69, 9.17) is 17.3 Å². The van der Waals surface area contributed by atoms with E-state index in [9.17, 15) is 8.42 Å². The molecule has 0 unspecified atom stereocenters. The maximum Gasteiger partial charge on any atom is 0.241 e. The number of hydrogen-bond acceptors (Lipinski definition) is 5. The summed E-state index contributed by atoms with van der Waals surface area (Å²) < 4.78 is 27.2. The normalized spacial score (nSPS) is 11.8. The molecule has 108 valence electrons. The summed E-state index contributed by atoms with van der Waals surface area (Å²) in [4.78, 5) is 5.06. The number of benzene rings is 1. The molecule has 2 rings (SSSR count). The van der Waals surface area contributed by atoms with Crippen LogP contribution < -0.4 is 10.5 Å². The topological polar surface area (TPSA) is 85.1 Å². The Morgan fingerprint density at radius 1 is 1.40 bits per heavy atom. The minimum atomic E-state index is -3.66. The van der Waals surface area contributed by atoms with Gasteiger partial charge in [-0.3, -0.25) is 0 Å². The van der Waals surface area contributed by atoms with E-state index < -0.39 is 10.0 Å². The molecule has 0 amide bonds. The van der Waals surface area contributed by atoms with Gasteiger partial charge in [-0.25, -0.2) is 18.1 Å². The molecule has 1 heterocycles. The summed E-state index contributed by atoms with van der Waals surface area (Å²) in [6, 6.07) is 2.93. The molecular formula is C12H14ClN3O2S2. The molecule has 1 aromatic heterocycles. The number of aromatic nitrogens is 1. The van der Waals surface area contributed by atoms with Crippen LogP contribution in [0.4, 0.5) is 5.69 Å². The predicted octanol–water partition coefficient (Wildman–Crippen LogP) is 2.47. The van der Waals surface area contributed by atoms with Gasteiger partial charge in [-0.15, -0.1) is 11.3 Å². The van der Waals surface area contributed by atoms with Gasteiger partial charge >= 0.3 is 0 Å². The van der Waals surface area contributed by atoms with Crippen LogP contribution in [0, 0.1) is 13.8 Å². The monoisotopic (exact) mass is 331 g/mol. The zero-order valence-electron chi connectivity index (χ0n) is 11.0. The van der Waals surface area contributed by atoms with Crippen LogP contribution in [0.1, 0.15) is 16.1 Å². The number of halogens is 1. The number of nitrogens with one attached hydrogen (secondary N) is 1. The Balaban J connectivity index is 2.29. The third-order valence-corrected chi connectivity index (χ3v) is 5.60. The molecule has 0 aliphatic carbocycles. The van der Waals surface area contributed by atoms with Gasteiger partial charge in [0.25, 0.3) is 0 Å². The first-order valence-corrected chi connectivity index (χ1v) is 8.49. The van der Waals surface area contributed by atoms with Crippen LogP contribution >= 0.6 is 22.9 Å². The molecule has 1 aromatic carbocycles. The SMILES string of the molecule is Cc1ncsc1CNS(=O)(=O)c1cc(Cl)cc(N)c1C. The minimum absolute atomic E-state index is 0.102. The van der Waals surface area contributed by atoms with Gasteiger partial charge in [0.05, 0.1) is 16.1 Å². The number of anilines is 1. The van der Waals surface area contributed by atoms with E-state index in [2.05, 4.69) is 9.71 Å². The highest BCUT2D eigenvalue weighted by molar-refractivity contribution is 7.89. The number of hydrogen-bond donors (Lipinski definition) is 2. The van der Waals surface area contributed by atoms with Gasteiger partial charge in [-0.2, -0.15) is 0 Å². The van der Waals surface area contributed by atoms with Gasteiger partial charge in [0.1, 0.15) is 0 Å². The minimum Gasteiger partial charge on any atom is -0.398 e. The predicted molar refractivity (Wildman–Crippen MR) is 81.5 cm³/mol. The second-order valence-corrected chi connectivity index (χ2v) is 7.41. The van der Waals surface area contributed by atoms with E-state index >= 15 is 0 Å². The Kier molecular flexibility index (Phi) is 4.33. The fraction of sp³-hybridized carbons (Fsp3) is 0.250. The molecule has 0 atom stereocenters. The quantitative estimate of drug-likeness (QED) is 0.843. The molecule has 0 spiro atoms. The number of rotatable bonds is 4. The van der Waals surface area contributed by atoms with Crippen LogP contribution in [0.15, 0.2) is 22.5 Å². The van der Waals surface area contributed by atoms with Crippen LogP contribution in [0.2, 0.25) is 5.02 Å². The van der Waals surface area contributed by atoms with E-state index in [1.54, 1.807) is 12.4 Å². The molecule has 20 heavy (non-hydrogen) atoms. The standard InChI is InChI=1S/C12H14ClN3O2S2/c1-7-10(14)3-9(13)4-12(7)20(17,18)16-5-11-8(2)15-6-19-11/h3-4,6,16H,5,14H2,1-2H3. The molecule has 0 saturated carbocycles. The average Bonchev–Trinajstić information content (AvgIpc) is 2.77. The highest BCUT2D eigenvalue weighted by Gasteiger charge is 2.19. The maximum atomic E-state index is 12.3. The van der Waals surface area contributed by atoms with Gasteiger partial charge < -0.3 is 5.73 Å². The number of nitrogens with two attached hydrogens (primary N) is 1. The Hall–Kier alpha value is -1.15. The Morgan fingerprint density at radius 3 is 2.70 bits per heavy atom. The molecule has 0 aliphatic heterocycles. The fourth-order valence-corrected chi connectivity index (χ4v) is 4.08. The fourth-order valence-electron chi connectivity index (χ4n) is 1.69. The van der Waals surface area contributed by atoms with Crippen molar-refractivity contribution in [1.29, 1.82) is 0 Å². The van der Waals surface area contributed by atoms with Crippen LogP contribution in [-0.4, -0.2) is 13.4 Å². The third-order valence-electron chi connectivity index (χ3n) is 2.92. The molecule has 5 nitrogen and oxygen atoms in total. The van der Waals surface area contributed by atoms with E-state index in [1.807, 2.05) is 6.92 Å². The smallest absolute Gasteiger partial charge is 0.241 e. The largest absolute Gasteiger partial charge is 0.398 e. The lowest BCUT2D eigenvalue weighted by atomic mass is 10.2. The lowest BCUT2D eigenvalue weighted by Gasteiger charge is -2.11. The van der Waals surface area contributed by atoms with Crippen molar-refractivity contribution in [3.05, 3.63) is 38.8 Å². The van der Waals surface area contributed by atoms with E-state index in [1.165, 1.54) is 23.5 Å². The Morgan fingerprint density at radius 2 is 2.10 bits per heavy atom. The van der Waals surface area contributed by atoms with Crippen molar-refractivity contribution in [2.75, 3.05) is 5.73 Å². The summed E-state index contributed by atoms with van der Waals surface area (Å²) in [6.07, 6.45) is 0. The van der Waals surface area contributed by atoms with E-state index in [-0.39, 0.29) is 11.4 Å². The molecule has 0 aliphatic rings. The first-order chi connectivity index (χ1) is 9.31. The second kappa shape index (κ2) is 5.69. The summed E-state index contributed by atoms with van der Waals surface area (Å²) in [5.74, 6) is 0. The molecular weight excluding hydrogens is 318 g/mol. The number of sulfonamides is 1. The van der Waals surface area contributed by atoms with Crippen LogP contribution in [-0.2, 0) is 16.6 Å². The van der Waals surface area contributed by atoms with Gasteiger partial charge in [0, 0.05) is 22.1 Å². The van der Waals surface area contributed by atoms with Crippen LogP contribution in [0.3, 0.4) is 0 Å². The summed E-state index contributed by atoms with van der Waals surface area (Å²) in [5, 5.41) is 0.294. The van der Waals surface area contributed by atoms with E-state index in [0.29, 0.717) is 16.3 Å². The lowest BCUT2D eigenvalue weighted by Crippen LogP contribution is -2.24. The third kappa shape index (κ3) is 3.12. The Labute approximate surface area is 126 Å². The molecule has 8 heteroatoms. The Bertz CT molecular complexity index is 741. The van der Waals surface area contributed by atoms with Gasteiger partial charge in [0.2, 0.25) is 10.0 Å². The summed E-state index contributed by atoms with van der Waals surface area (Å²) in [7, 11) is -3.66. The van der Waals surface area contributed by atoms with Crippen molar-refractivity contribution in [2.24, 2.45) is 0 Å².